The van der Waals surface area contributed by atoms with Crippen molar-refractivity contribution in [2.24, 2.45) is 0 Å². The molecule has 1 aliphatic carbocycles. The second-order valence-electron chi connectivity index (χ2n) is 6.12. The fourth-order valence-electron chi connectivity index (χ4n) is 2.89. The van der Waals surface area contributed by atoms with Crippen LogP contribution in [-0.2, 0) is 10.2 Å². The van der Waals surface area contributed by atoms with Crippen LogP contribution in [0, 0.1) is 11.6 Å². The highest BCUT2D eigenvalue weighted by Crippen LogP contribution is 2.48. The Morgan fingerprint density at radius 1 is 1.32 bits per heavy atom. The second-order valence-corrected chi connectivity index (χ2v) is 6.12. The quantitative estimate of drug-likeness (QED) is 0.836. The van der Waals surface area contributed by atoms with E-state index in [1.54, 1.807) is 0 Å². The number of halogens is 4. The van der Waals surface area contributed by atoms with Crippen LogP contribution in [0.25, 0.3) is 0 Å². The smallest absolute Gasteiger partial charge is 0.262 e. The molecule has 2 aliphatic rings. The number of benzene rings is 1. The fourth-order valence-corrected chi connectivity index (χ4v) is 2.89. The van der Waals surface area contributed by atoms with E-state index in [9.17, 15) is 22.4 Å². The van der Waals surface area contributed by atoms with Crippen molar-refractivity contribution in [2.75, 3.05) is 13.1 Å². The Kier molecular flexibility index (Phi) is 3.63. The largest absolute Gasteiger partial charge is 0.354 e. The van der Waals surface area contributed by atoms with Crippen molar-refractivity contribution in [3.8, 4) is 0 Å². The molecule has 120 valence electrons. The van der Waals surface area contributed by atoms with E-state index in [0.717, 1.165) is 6.07 Å². The van der Waals surface area contributed by atoms with E-state index in [2.05, 4.69) is 10.6 Å². The molecule has 7 heteroatoms. The van der Waals surface area contributed by atoms with Crippen molar-refractivity contribution >= 4 is 5.91 Å². The first kappa shape index (κ1) is 15.3. The molecule has 1 saturated heterocycles. The number of rotatable bonds is 4. The minimum absolute atomic E-state index is 0.165. The van der Waals surface area contributed by atoms with Crippen molar-refractivity contribution in [1.29, 1.82) is 0 Å². The van der Waals surface area contributed by atoms with Gasteiger partial charge in [-0.3, -0.25) is 10.1 Å². The third kappa shape index (κ3) is 2.95. The first-order valence-electron chi connectivity index (χ1n) is 7.16. The van der Waals surface area contributed by atoms with Crippen molar-refractivity contribution in [1.82, 2.24) is 10.6 Å². The Bertz CT molecular complexity index is 601. The van der Waals surface area contributed by atoms with Gasteiger partial charge in [-0.2, -0.15) is 0 Å². The average Bonchev–Trinajstić information content (AvgIpc) is 3.13. The molecular weight excluding hydrogens is 300 g/mol. The summed E-state index contributed by atoms with van der Waals surface area (Å²) in [6, 6.07) is 2.45. The summed E-state index contributed by atoms with van der Waals surface area (Å²) in [7, 11) is 0. The minimum atomic E-state index is -2.87. The van der Waals surface area contributed by atoms with Crippen LogP contribution in [-0.4, -0.2) is 31.0 Å². The number of carbonyl (C=O) groups is 1. The van der Waals surface area contributed by atoms with Gasteiger partial charge in [-0.25, -0.2) is 17.6 Å². The number of hydrogen-bond donors (Lipinski definition) is 2. The van der Waals surface area contributed by atoms with Crippen LogP contribution in [0.3, 0.4) is 0 Å². The molecule has 22 heavy (non-hydrogen) atoms. The van der Waals surface area contributed by atoms with E-state index in [0.29, 0.717) is 18.4 Å². The Labute approximate surface area is 125 Å². The van der Waals surface area contributed by atoms with Crippen molar-refractivity contribution in [2.45, 2.75) is 36.6 Å². The van der Waals surface area contributed by atoms with Crippen LogP contribution in [0.5, 0.6) is 0 Å². The number of nitrogens with one attached hydrogen (secondary N) is 2. The van der Waals surface area contributed by atoms with Gasteiger partial charge in [0.15, 0.2) is 0 Å². The predicted molar refractivity (Wildman–Crippen MR) is 71.6 cm³/mol. The lowest BCUT2D eigenvalue weighted by molar-refractivity contribution is -0.123. The van der Waals surface area contributed by atoms with E-state index >= 15 is 0 Å². The molecule has 0 bridgehead atoms. The van der Waals surface area contributed by atoms with Gasteiger partial charge >= 0.3 is 0 Å². The second kappa shape index (κ2) is 5.22. The highest BCUT2D eigenvalue weighted by molar-refractivity contribution is 5.82. The van der Waals surface area contributed by atoms with E-state index in [-0.39, 0.29) is 6.54 Å². The molecule has 2 fully saturated rings. The van der Waals surface area contributed by atoms with Crippen LogP contribution < -0.4 is 10.6 Å². The van der Waals surface area contributed by atoms with Gasteiger partial charge in [0, 0.05) is 24.4 Å². The van der Waals surface area contributed by atoms with Crippen LogP contribution in [0.4, 0.5) is 17.6 Å². The van der Waals surface area contributed by atoms with Crippen molar-refractivity contribution < 1.29 is 22.4 Å². The Morgan fingerprint density at radius 3 is 2.59 bits per heavy atom. The number of carbonyl (C=O) groups excluding carboxylic acids is 1. The lowest BCUT2D eigenvalue weighted by Gasteiger charge is -2.19. The number of hydrogen-bond acceptors (Lipinski definition) is 2. The molecule has 1 aliphatic heterocycles. The minimum Gasteiger partial charge on any atom is -0.354 e. The first-order valence-corrected chi connectivity index (χ1v) is 7.16. The lowest BCUT2D eigenvalue weighted by Crippen LogP contribution is -2.43. The summed E-state index contributed by atoms with van der Waals surface area (Å²) in [5, 5.41) is 5.09. The third-order valence-corrected chi connectivity index (χ3v) is 4.38. The predicted octanol–water partition coefficient (Wildman–Crippen LogP) is 2.11. The third-order valence-electron chi connectivity index (χ3n) is 4.38. The van der Waals surface area contributed by atoms with Gasteiger partial charge < -0.3 is 5.32 Å². The van der Waals surface area contributed by atoms with Gasteiger partial charge in [0.05, 0.1) is 12.6 Å². The molecule has 1 atom stereocenters. The molecule has 1 saturated carbocycles. The van der Waals surface area contributed by atoms with Crippen molar-refractivity contribution in [3.05, 3.63) is 35.4 Å². The van der Waals surface area contributed by atoms with Crippen LogP contribution in [0.2, 0.25) is 0 Å². The molecule has 0 aromatic heterocycles. The molecule has 2 N–H and O–H groups in total. The molecule has 1 amide bonds. The van der Waals surface area contributed by atoms with E-state index in [4.69, 9.17) is 0 Å². The van der Waals surface area contributed by atoms with Gasteiger partial charge in [-0.1, -0.05) is 6.07 Å². The maximum absolute atomic E-state index is 13.8. The Balaban J connectivity index is 1.62. The highest BCUT2D eigenvalue weighted by atomic mass is 19.3. The molecule has 0 radical (unpaired) electrons. The summed E-state index contributed by atoms with van der Waals surface area (Å²) in [5.74, 6) is -4.68. The standard InChI is InChI=1S/C15H16F4N2O/c16-9-1-2-10(11(17)5-9)14(3-4-14)7-21-13(22)12-6-15(18,19)8-20-12/h1-2,5,12,20H,3-4,6-8H2,(H,21,22). The lowest BCUT2D eigenvalue weighted by atomic mass is 9.95. The average molecular weight is 316 g/mol. The van der Waals surface area contributed by atoms with Gasteiger partial charge in [-0.15, -0.1) is 0 Å². The molecule has 0 spiro atoms. The molecule has 1 heterocycles. The summed E-state index contributed by atoms with van der Waals surface area (Å²) in [6.07, 6.45) is 0.810. The normalized spacial score (nSPS) is 25.0. The summed E-state index contributed by atoms with van der Waals surface area (Å²) in [5.41, 5.74) is -0.187. The van der Waals surface area contributed by atoms with Gasteiger partial charge in [-0.05, 0) is 24.5 Å². The summed E-state index contributed by atoms with van der Waals surface area (Å²) in [4.78, 5) is 11.9. The monoisotopic (exact) mass is 316 g/mol. The molecule has 3 rings (SSSR count). The Morgan fingerprint density at radius 2 is 2.05 bits per heavy atom. The number of amides is 1. The zero-order valence-electron chi connectivity index (χ0n) is 11.8. The molecular formula is C15H16F4N2O. The van der Waals surface area contributed by atoms with Crippen molar-refractivity contribution in [3.63, 3.8) is 0 Å². The first-order chi connectivity index (χ1) is 10.3. The zero-order valence-corrected chi connectivity index (χ0v) is 11.8. The van der Waals surface area contributed by atoms with Crippen LogP contribution >= 0.6 is 0 Å². The maximum atomic E-state index is 13.8. The maximum Gasteiger partial charge on any atom is 0.262 e. The van der Waals surface area contributed by atoms with E-state index in [1.807, 2.05) is 0 Å². The summed E-state index contributed by atoms with van der Waals surface area (Å²) < 4.78 is 52.9. The molecule has 3 nitrogen and oxygen atoms in total. The van der Waals surface area contributed by atoms with Crippen LogP contribution in [0.15, 0.2) is 18.2 Å². The highest BCUT2D eigenvalue weighted by Gasteiger charge is 2.47. The Hall–Kier alpha value is -1.63. The topological polar surface area (TPSA) is 41.1 Å². The number of alkyl halides is 2. The van der Waals surface area contributed by atoms with Gasteiger partial charge in [0.25, 0.3) is 5.92 Å². The van der Waals surface area contributed by atoms with Crippen LogP contribution in [0.1, 0.15) is 24.8 Å². The molecule has 1 unspecified atom stereocenters. The summed E-state index contributed by atoms with van der Waals surface area (Å²) >= 11 is 0. The summed E-state index contributed by atoms with van der Waals surface area (Å²) in [6.45, 7) is -0.346. The van der Waals surface area contributed by atoms with Gasteiger partial charge in [0.2, 0.25) is 5.91 Å². The van der Waals surface area contributed by atoms with E-state index < -0.39 is 47.9 Å². The zero-order chi connectivity index (χ0) is 16.0. The fraction of sp³-hybridized carbons (Fsp3) is 0.533. The van der Waals surface area contributed by atoms with Gasteiger partial charge in [0.1, 0.15) is 11.6 Å². The molecule has 1 aromatic carbocycles. The SMILES string of the molecule is O=C(NCC1(c2ccc(F)cc2F)CC1)C1CC(F)(F)CN1. The van der Waals surface area contributed by atoms with E-state index in [1.165, 1.54) is 12.1 Å². The molecule has 1 aromatic rings.